The third-order valence-corrected chi connectivity index (χ3v) is 13.3. The van der Waals surface area contributed by atoms with Crippen molar-refractivity contribution < 1.29 is 0 Å². The van der Waals surface area contributed by atoms with Crippen LogP contribution >= 0.6 is 0 Å². The molecule has 57 heavy (non-hydrogen) atoms. The number of para-hydroxylation sites is 1. The van der Waals surface area contributed by atoms with E-state index in [1.165, 1.54) is 96.4 Å². The normalized spacial score (nSPS) is 15.2. The van der Waals surface area contributed by atoms with E-state index in [2.05, 4.69) is 207 Å². The highest BCUT2D eigenvalue weighted by molar-refractivity contribution is 5.97. The van der Waals surface area contributed by atoms with E-state index in [0.717, 1.165) is 24.2 Å². The van der Waals surface area contributed by atoms with Gasteiger partial charge in [-0.05, 0) is 134 Å². The number of rotatable bonds is 6. The van der Waals surface area contributed by atoms with Crippen LogP contribution in [-0.2, 0) is 23.7 Å². The van der Waals surface area contributed by atoms with Crippen molar-refractivity contribution in [3.8, 4) is 33.4 Å². The first-order chi connectivity index (χ1) is 28.0. The predicted octanol–water partition coefficient (Wildman–Crippen LogP) is 14.4. The van der Waals surface area contributed by atoms with Crippen LogP contribution in [0.2, 0.25) is 0 Å². The molecule has 1 heteroatoms. The largest absolute Gasteiger partial charge is 0.310 e. The van der Waals surface area contributed by atoms with Gasteiger partial charge < -0.3 is 4.90 Å². The molecule has 0 heterocycles. The Hall–Kier alpha value is -6.44. The van der Waals surface area contributed by atoms with Crippen molar-refractivity contribution >= 4 is 17.1 Å². The van der Waals surface area contributed by atoms with Gasteiger partial charge in [-0.15, -0.1) is 0 Å². The number of benzene rings is 8. The van der Waals surface area contributed by atoms with Crippen LogP contribution in [-0.4, -0.2) is 0 Å². The molecule has 0 atom stereocenters. The van der Waals surface area contributed by atoms with Crippen LogP contribution in [0.15, 0.2) is 188 Å². The Kier molecular flexibility index (Phi) is 7.76. The molecule has 3 aliphatic carbocycles. The molecule has 0 spiro atoms. The van der Waals surface area contributed by atoms with E-state index in [-0.39, 0.29) is 5.41 Å². The van der Waals surface area contributed by atoms with Crippen molar-refractivity contribution in [2.45, 2.75) is 50.4 Å². The van der Waals surface area contributed by atoms with Gasteiger partial charge in [-0.3, -0.25) is 0 Å². The molecule has 11 rings (SSSR count). The van der Waals surface area contributed by atoms with E-state index in [1.54, 1.807) is 0 Å². The smallest absolute Gasteiger partial charge is 0.0714 e. The molecule has 0 aliphatic heterocycles. The molecule has 0 bridgehead atoms. The Morgan fingerprint density at radius 1 is 0.386 bits per heavy atom. The fourth-order valence-electron chi connectivity index (χ4n) is 10.7. The molecular weight excluding hydrogens is 687 g/mol. The summed E-state index contributed by atoms with van der Waals surface area (Å²) in [6.45, 7) is 4.80. The van der Waals surface area contributed by atoms with Gasteiger partial charge in [-0.2, -0.15) is 0 Å². The molecule has 8 aromatic carbocycles. The number of anilines is 3. The van der Waals surface area contributed by atoms with E-state index in [9.17, 15) is 0 Å². The Morgan fingerprint density at radius 2 is 0.965 bits per heavy atom. The quantitative estimate of drug-likeness (QED) is 0.165. The molecule has 0 saturated carbocycles. The predicted molar refractivity (Wildman–Crippen MR) is 238 cm³/mol. The number of fused-ring (bicyclic) bond motifs is 7. The second-order valence-corrected chi connectivity index (χ2v) is 16.7. The number of hydrogen-bond acceptors (Lipinski definition) is 1. The highest BCUT2D eigenvalue weighted by Gasteiger charge is 2.46. The van der Waals surface area contributed by atoms with Crippen molar-refractivity contribution in [3.63, 3.8) is 0 Å². The zero-order chi connectivity index (χ0) is 38.1. The van der Waals surface area contributed by atoms with Crippen LogP contribution in [0.5, 0.6) is 0 Å². The first-order valence-electron chi connectivity index (χ1n) is 20.7. The summed E-state index contributed by atoms with van der Waals surface area (Å²) >= 11 is 0. The average Bonchev–Trinajstić information content (AvgIpc) is 3.69. The van der Waals surface area contributed by atoms with Crippen LogP contribution in [0, 0.1) is 0 Å². The fourth-order valence-corrected chi connectivity index (χ4v) is 10.7. The minimum atomic E-state index is -0.490. The molecule has 0 radical (unpaired) electrons. The Balaban J connectivity index is 1.23. The lowest BCUT2D eigenvalue weighted by Crippen LogP contribution is -2.28. The summed E-state index contributed by atoms with van der Waals surface area (Å²) in [7, 11) is 0. The summed E-state index contributed by atoms with van der Waals surface area (Å²) in [4.78, 5) is 2.56. The summed E-state index contributed by atoms with van der Waals surface area (Å²) in [6, 6.07) is 70.9. The summed E-state index contributed by atoms with van der Waals surface area (Å²) in [5.41, 5.74) is 21.8. The first kappa shape index (κ1) is 33.9. The topological polar surface area (TPSA) is 3.24 Å². The molecule has 3 aliphatic rings. The number of hydrogen-bond donors (Lipinski definition) is 0. The van der Waals surface area contributed by atoms with Crippen LogP contribution in [0.1, 0.15) is 71.2 Å². The van der Waals surface area contributed by atoms with Gasteiger partial charge in [0.05, 0.1) is 11.1 Å². The van der Waals surface area contributed by atoms with Crippen molar-refractivity contribution in [1.29, 1.82) is 0 Å². The van der Waals surface area contributed by atoms with Gasteiger partial charge in [0.1, 0.15) is 0 Å². The second kappa shape index (κ2) is 13.1. The van der Waals surface area contributed by atoms with Gasteiger partial charge in [0.25, 0.3) is 0 Å². The maximum Gasteiger partial charge on any atom is 0.0714 e. The molecule has 0 fully saturated rings. The van der Waals surface area contributed by atoms with Gasteiger partial charge in [0, 0.05) is 22.4 Å². The molecule has 0 N–H and O–H groups in total. The lowest BCUT2D eigenvalue weighted by molar-refractivity contribution is 0.660. The molecule has 0 aromatic heterocycles. The van der Waals surface area contributed by atoms with Crippen LogP contribution in [0.4, 0.5) is 17.1 Å². The standard InChI is InChI=1S/C56H45N/c1-55(2)50-31-16-14-29-46(50)48-36-49(44-30-18-20-38-19-12-13-27-43(38)44)54(37-52(48)55)57(41-25-10-5-11-26-41)42-33-34-47-45-28-15-17-32-51(45)56(53(47)35-42,39-21-6-3-7-22-39)40-23-8-4-9-24-40/h3-11,14-18,20-26,28-37H,12-13,19,27H2,1-2H3. The van der Waals surface area contributed by atoms with Crippen molar-refractivity contribution in [1.82, 2.24) is 0 Å². The number of nitrogens with zero attached hydrogens (tertiary/aromatic N) is 1. The maximum absolute atomic E-state index is 2.56. The molecule has 0 unspecified atom stereocenters. The Bertz CT molecular complexity index is 2770. The lowest BCUT2D eigenvalue weighted by atomic mass is 9.67. The molecule has 0 saturated heterocycles. The zero-order valence-corrected chi connectivity index (χ0v) is 32.7. The molecule has 1 nitrogen and oxygen atoms in total. The molecule has 8 aromatic rings. The summed E-state index contributed by atoms with van der Waals surface area (Å²) in [6.07, 6.45) is 4.75. The minimum absolute atomic E-state index is 0.146. The third kappa shape index (κ3) is 5.01. The van der Waals surface area contributed by atoms with Crippen molar-refractivity contribution in [2.75, 3.05) is 4.90 Å². The molecular formula is C56H45N. The van der Waals surface area contributed by atoms with Gasteiger partial charge in [0.2, 0.25) is 0 Å². The molecule has 274 valence electrons. The first-order valence-corrected chi connectivity index (χ1v) is 20.7. The van der Waals surface area contributed by atoms with E-state index in [1.807, 2.05) is 0 Å². The number of aryl methyl sites for hydroxylation is 1. The van der Waals surface area contributed by atoms with Crippen LogP contribution in [0.3, 0.4) is 0 Å². The monoisotopic (exact) mass is 731 g/mol. The van der Waals surface area contributed by atoms with Gasteiger partial charge in [-0.25, -0.2) is 0 Å². The summed E-state index contributed by atoms with van der Waals surface area (Å²) in [5.74, 6) is 0. The fraction of sp³-hybridized carbons (Fsp3) is 0.143. The zero-order valence-electron chi connectivity index (χ0n) is 32.7. The van der Waals surface area contributed by atoms with E-state index in [4.69, 9.17) is 0 Å². The van der Waals surface area contributed by atoms with E-state index in [0.29, 0.717) is 0 Å². The Morgan fingerprint density at radius 3 is 1.68 bits per heavy atom. The minimum Gasteiger partial charge on any atom is -0.310 e. The highest BCUT2D eigenvalue weighted by Crippen LogP contribution is 2.58. The summed E-state index contributed by atoms with van der Waals surface area (Å²) in [5, 5.41) is 0. The maximum atomic E-state index is 2.56. The van der Waals surface area contributed by atoms with Crippen molar-refractivity contribution in [3.05, 3.63) is 233 Å². The van der Waals surface area contributed by atoms with Gasteiger partial charge >= 0.3 is 0 Å². The second-order valence-electron chi connectivity index (χ2n) is 16.7. The average molecular weight is 732 g/mol. The highest BCUT2D eigenvalue weighted by atomic mass is 15.1. The van der Waals surface area contributed by atoms with Crippen molar-refractivity contribution in [2.24, 2.45) is 0 Å². The molecule has 0 amide bonds. The van der Waals surface area contributed by atoms with E-state index < -0.39 is 5.41 Å². The SMILES string of the molecule is CC1(C)c2ccccc2-c2cc(-c3cccc4c3CCCC4)c(N(c3ccccc3)c3ccc4c(c3)C(c3ccccc3)(c3ccccc3)c3ccccc3-4)cc21. The van der Waals surface area contributed by atoms with Crippen LogP contribution < -0.4 is 4.90 Å². The van der Waals surface area contributed by atoms with E-state index >= 15 is 0 Å². The third-order valence-electron chi connectivity index (χ3n) is 13.3. The Labute approximate surface area is 336 Å². The van der Waals surface area contributed by atoms with Crippen LogP contribution in [0.25, 0.3) is 33.4 Å². The van der Waals surface area contributed by atoms with Gasteiger partial charge in [0.15, 0.2) is 0 Å². The summed E-state index contributed by atoms with van der Waals surface area (Å²) < 4.78 is 0. The van der Waals surface area contributed by atoms with Gasteiger partial charge in [-0.1, -0.05) is 166 Å². The lowest BCUT2D eigenvalue weighted by Gasteiger charge is -2.35.